The molecule has 0 saturated carbocycles. The van der Waals surface area contributed by atoms with E-state index in [0.717, 1.165) is 16.9 Å². The van der Waals surface area contributed by atoms with Crippen LogP contribution in [0.5, 0.6) is 0 Å². The van der Waals surface area contributed by atoms with Gasteiger partial charge in [-0.15, -0.1) is 11.3 Å². The Morgan fingerprint density at radius 3 is 2.30 bits per heavy atom. The summed E-state index contributed by atoms with van der Waals surface area (Å²) in [6, 6.07) is 16.5. The van der Waals surface area contributed by atoms with Crippen molar-refractivity contribution >= 4 is 40.3 Å². The maximum atomic E-state index is 12.4. The first-order valence-corrected chi connectivity index (χ1v) is 12.7. The number of urea groups is 1. The summed E-state index contributed by atoms with van der Waals surface area (Å²) in [6.07, 6.45) is -0.0293. The van der Waals surface area contributed by atoms with E-state index in [9.17, 15) is 19.2 Å². The van der Waals surface area contributed by atoms with Crippen molar-refractivity contribution < 1.29 is 23.9 Å². The lowest BCUT2D eigenvalue weighted by Crippen LogP contribution is -2.39. The quantitative estimate of drug-likeness (QED) is 0.235. The van der Waals surface area contributed by atoms with E-state index in [2.05, 4.69) is 50.5 Å². The number of benzene rings is 2. The van der Waals surface area contributed by atoms with E-state index in [1.165, 1.54) is 16.5 Å². The Bertz CT molecular complexity index is 1210. The van der Waals surface area contributed by atoms with Crippen LogP contribution in [0.15, 0.2) is 60.0 Å². The van der Waals surface area contributed by atoms with Crippen molar-refractivity contribution in [1.82, 2.24) is 20.9 Å². The van der Waals surface area contributed by atoms with Crippen LogP contribution in [0.1, 0.15) is 42.4 Å². The number of esters is 1. The van der Waals surface area contributed by atoms with Crippen LogP contribution in [0.2, 0.25) is 0 Å². The highest BCUT2D eigenvalue weighted by Gasteiger charge is 2.20. The van der Waals surface area contributed by atoms with Gasteiger partial charge in [-0.25, -0.2) is 9.78 Å². The summed E-state index contributed by atoms with van der Waals surface area (Å²) in [6.45, 7) is 3.88. The van der Waals surface area contributed by atoms with Crippen molar-refractivity contribution in [2.45, 2.75) is 26.3 Å². The number of carbonyl (C=O) groups excluding carboxylic acids is 4. The van der Waals surface area contributed by atoms with Crippen molar-refractivity contribution in [1.29, 1.82) is 0 Å². The molecule has 1 aromatic heterocycles. The van der Waals surface area contributed by atoms with Gasteiger partial charge in [-0.2, -0.15) is 0 Å². The topological polar surface area (TPSA) is 139 Å². The van der Waals surface area contributed by atoms with Gasteiger partial charge in [0.1, 0.15) is 5.69 Å². The van der Waals surface area contributed by atoms with Gasteiger partial charge in [-0.3, -0.25) is 19.7 Å². The lowest BCUT2D eigenvalue weighted by molar-refractivity contribution is -0.143. The molecule has 2 aliphatic carbocycles. The zero-order valence-electron chi connectivity index (χ0n) is 20.6. The van der Waals surface area contributed by atoms with Gasteiger partial charge >= 0.3 is 12.0 Å². The number of anilines is 1. The Morgan fingerprint density at radius 2 is 1.70 bits per heavy atom. The summed E-state index contributed by atoms with van der Waals surface area (Å²) in [5.41, 5.74) is 3.68. The van der Waals surface area contributed by atoms with Gasteiger partial charge in [-0.1, -0.05) is 48.5 Å². The second kappa shape index (κ2) is 13.7. The number of hydrogen-bond donors (Lipinski definition) is 4. The lowest BCUT2D eigenvalue weighted by atomic mass is 10.0. The average molecular weight is 524 g/mol. The molecule has 0 aliphatic heterocycles. The van der Waals surface area contributed by atoms with E-state index in [0.29, 0.717) is 6.54 Å². The van der Waals surface area contributed by atoms with E-state index in [1.807, 2.05) is 6.07 Å². The molecule has 2 aliphatic rings. The van der Waals surface area contributed by atoms with E-state index in [1.54, 1.807) is 38.1 Å². The summed E-state index contributed by atoms with van der Waals surface area (Å²) in [5, 5.41) is 12.0. The van der Waals surface area contributed by atoms with Crippen LogP contribution < -0.4 is 21.3 Å². The minimum atomic E-state index is -0.586. The highest BCUT2D eigenvalue weighted by molar-refractivity contribution is 7.14. The first-order valence-electron chi connectivity index (χ1n) is 11.8. The molecule has 10 nitrogen and oxygen atoms in total. The van der Waals surface area contributed by atoms with Gasteiger partial charge in [0.05, 0.1) is 25.6 Å². The third kappa shape index (κ3) is 9.04. The van der Waals surface area contributed by atoms with Crippen molar-refractivity contribution in [2.24, 2.45) is 0 Å². The normalized spacial score (nSPS) is 11.2. The summed E-state index contributed by atoms with van der Waals surface area (Å²) >= 11 is 1.09. The SMILES string of the molecule is CCNC(=O)Nc1nc(C(=O)NCC(=O)NC(CC(=O)OCC)c2ccccc2)cs1.c1cc2cc-2c1. The number of rotatable bonds is 10. The number of amides is 4. The Labute approximate surface area is 218 Å². The molecule has 0 radical (unpaired) electrons. The van der Waals surface area contributed by atoms with E-state index in [-0.39, 0.29) is 30.4 Å². The zero-order chi connectivity index (χ0) is 26.6. The summed E-state index contributed by atoms with van der Waals surface area (Å²) in [5.74, 6) is -1.46. The molecule has 11 heteroatoms. The van der Waals surface area contributed by atoms with Gasteiger partial charge in [0.2, 0.25) is 5.91 Å². The molecule has 4 rings (SSSR count). The molecule has 0 fully saturated rings. The third-order valence-electron chi connectivity index (χ3n) is 5.03. The van der Waals surface area contributed by atoms with Crippen LogP contribution in [0.25, 0.3) is 11.1 Å². The first-order chi connectivity index (χ1) is 17.9. The number of ether oxygens (including phenoxy) is 1. The molecule has 2 aromatic rings. The van der Waals surface area contributed by atoms with Crippen molar-refractivity contribution in [3.05, 3.63) is 71.2 Å². The van der Waals surface area contributed by atoms with Crippen LogP contribution in [0, 0.1) is 0 Å². The highest BCUT2D eigenvalue weighted by Crippen LogP contribution is 2.32. The van der Waals surface area contributed by atoms with Crippen LogP contribution >= 0.6 is 11.3 Å². The number of carbonyl (C=O) groups is 4. The molecule has 4 amide bonds. The number of thiazole rings is 1. The fourth-order valence-corrected chi connectivity index (χ4v) is 3.92. The van der Waals surface area contributed by atoms with Crippen LogP contribution in [0.3, 0.4) is 0 Å². The van der Waals surface area contributed by atoms with E-state index >= 15 is 0 Å². The van der Waals surface area contributed by atoms with Crippen molar-refractivity contribution in [3.8, 4) is 11.1 Å². The van der Waals surface area contributed by atoms with E-state index in [4.69, 9.17) is 4.74 Å². The molecular formula is C26H29N5O5S. The third-order valence-corrected chi connectivity index (χ3v) is 5.79. The average Bonchev–Trinajstić information content (AvgIpc) is 3.24. The smallest absolute Gasteiger partial charge is 0.321 e. The van der Waals surface area contributed by atoms with Gasteiger partial charge in [0.25, 0.3) is 5.91 Å². The Balaban J connectivity index is 0.000000542. The maximum Gasteiger partial charge on any atom is 0.321 e. The molecule has 1 aromatic carbocycles. The zero-order valence-corrected chi connectivity index (χ0v) is 21.4. The molecule has 4 N–H and O–H groups in total. The second-order valence-electron chi connectivity index (χ2n) is 7.83. The van der Waals surface area contributed by atoms with Crippen LogP contribution in [0.4, 0.5) is 9.93 Å². The maximum absolute atomic E-state index is 12.4. The second-order valence-corrected chi connectivity index (χ2v) is 8.68. The first kappa shape index (κ1) is 27.3. The Morgan fingerprint density at radius 1 is 0.973 bits per heavy atom. The number of fused-ring (bicyclic) bond motifs is 1. The number of nitrogens with one attached hydrogen (secondary N) is 4. The predicted molar refractivity (Wildman–Crippen MR) is 141 cm³/mol. The summed E-state index contributed by atoms with van der Waals surface area (Å²) in [7, 11) is 0. The molecule has 0 spiro atoms. The molecular weight excluding hydrogens is 494 g/mol. The Kier molecular flexibility index (Phi) is 10.1. The van der Waals surface area contributed by atoms with Gasteiger partial charge in [-0.05, 0) is 36.6 Å². The van der Waals surface area contributed by atoms with Gasteiger partial charge in [0, 0.05) is 11.9 Å². The van der Waals surface area contributed by atoms with E-state index < -0.39 is 29.9 Å². The van der Waals surface area contributed by atoms with Crippen LogP contribution in [-0.2, 0) is 14.3 Å². The fraction of sp³-hybridized carbons (Fsp3) is 0.269. The highest BCUT2D eigenvalue weighted by atomic mass is 32.1. The molecule has 0 bridgehead atoms. The lowest BCUT2D eigenvalue weighted by Gasteiger charge is -2.18. The predicted octanol–water partition coefficient (Wildman–Crippen LogP) is 3.49. The largest absolute Gasteiger partial charge is 0.466 e. The number of hydrogen-bond acceptors (Lipinski definition) is 7. The molecule has 1 atom stereocenters. The summed E-state index contributed by atoms with van der Waals surface area (Å²) in [4.78, 5) is 52.0. The van der Waals surface area contributed by atoms with Crippen LogP contribution in [-0.4, -0.2) is 48.5 Å². The van der Waals surface area contributed by atoms with Crippen molar-refractivity contribution in [2.75, 3.05) is 25.0 Å². The molecule has 194 valence electrons. The standard InChI is InChI=1S/C20H25N5O5S.C6H4/c1-3-21-19(29)25-20-24-15(12-31-20)18(28)22-11-16(26)23-14(10-17(27)30-4-2)13-8-6-5-7-9-13;1-2-5-4-6(5)3-1/h5-9,12,14H,3-4,10-11H2,1-2H3,(H,22,28)(H,23,26)(H2,21,24,25,29);1-4H. The van der Waals surface area contributed by atoms with Crippen molar-refractivity contribution in [3.63, 3.8) is 0 Å². The Hall–Kier alpha value is -4.25. The minimum Gasteiger partial charge on any atom is -0.466 e. The number of nitrogens with zero attached hydrogens (tertiary/aromatic N) is 1. The minimum absolute atomic E-state index is 0.0293. The fourth-order valence-electron chi connectivity index (χ4n) is 3.23. The molecule has 0 saturated heterocycles. The molecule has 1 unspecified atom stereocenters. The van der Waals surface area contributed by atoms with Gasteiger partial charge in [0.15, 0.2) is 5.13 Å². The number of aromatic nitrogens is 1. The monoisotopic (exact) mass is 523 g/mol. The molecule has 1 heterocycles. The van der Waals surface area contributed by atoms with Gasteiger partial charge < -0.3 is 20.7 Å². The summed E-state index contributed by atoms with van der Waals surface area (Å²) < 4.78 is 4.97. The molecule has 37 heavy (non-hydrogen) atoms.